The van der Waals surface area contributed by atoms with Gasteiger partial charge >= 0.3 is 0 Å². The molecule has 146 valence electrons. The van der Waals surface area contributed by atoms with E-state index in [1.54, 1.807) is 19.3 Å². The summed E-state index contributed by atoms with van der Waals surface area (Å²) in [5.74, 6) is 0.318. The number of carbonyl (C=O) groups is 1. The third-order valence-electron chi connectivity index (χ3n) is 4.00. The van der Waals surface area contributed by atoms with Crippen molar-refractivity contribution in [1.29, 1.82) is 5.26 Å². The van der Waals surface area contributed by atoms with Crippen molar-refractivity contribution in [2.45, 2.75) is 0 Å². The van der Waals surface area contributed by atoms with Crippen molar-refractivity contribution < 1.29 is 9.53 Å². The lowest BCUT2D eigenvalue weighted by Crippen LogP contribution is -2.12. The van der Waals surface area contributed by atoms with Crippen molar-refractivity contribution in [2.75, 3.05) is 23.1 Å². The Morgan fingerprint density at radius 1 is 1.31 bits per heavy atom. The van der Waals surface area contributed by atoms with Gasteiger partial charge in [-0.15, -0.1) is 0 Å². The van der Waals surface area contributed by atoms with E-state index >= 15 is 0 Å². The first-order valence-corrected chi connectivity index (χ1v) is 10.5. The van der Waals surface area contributed by atoms with E-state index in [0.717, 1.165) is 10.2 Å². The number of hydrogen-bond donors (Lipinski definition) is 2. The number of amides is 1. The number of nitriles is 1. The summed E-state index contributed by atoms with van der Waals surface area (Å²) in [7, 11) is 1.55. The number of hydrogen-bond acceptors (Lipinski definition) is 5. The largest absolute Gasteiger partial charge is 0.494 e. The van der Waals surface area contributed by atoms with Crippen LogP contribution in [0.4, 0.5) is 17.2 Å². The average Bonchev–Trinajstić information content (AvgIpc) is 2.72. The van der Waals surface area contributed by atoms with Gasteiger partial charge in [0.15, 0.2) is 5.82 Å². The summed E-state index contributed by atoms with van der Waals surface area (Å²) in [4.78, 5) is 16.7. The highest BCUT2D eigenvalue weighted by atomic mass is 79.9. The molecule has 0 spiro atoms. The molecule has 0 aliphatic rings. The molecule has 1 amide bonds. The Bertz CT molecular complexity index is 1140. The van der Waals surface area contributed by atoms with Gasteiger partial charge in [-0.2, -0.15) is 5.26 Å². The number of allylic oxidation sites excluding steroid dienone is 1. The van der Waals surface area contributed by atoms with Gasteiger partial charge in [0, 0.05) is 27.0 Å². The Morgan fingerprint density at radius 2 is 2.10 bits per heavy atom. The minimum absolute atomic E-state index is 0.159. The van der Waals surface area contributed by atoms with Crippen LogP contribution in [0.15, 0.2) is 59.1 Å². The minimum atomic E-state index is -0.379. The topological polar surface area (TPSA) is 87.0 Å². The second-order valence-electron chi connectivity index (χ2n) is 5.86. The number of fused-ring (bicyclic) bond motifs is 1. The van der Waals surface area contributed by atoms with Gasteiger partial charge in [0.25, 0.3) is 0 Å². The SMILES string of the molecule is COc1cccc2c(Nc3cccc(Br)c3)c(C#N)c(NC(=O)C=CCBr)nc12. The summed E-state index contributed by atoms with van der Waals surface area (Å²) >= 11 is 6.68. The maximum atomic E-state index is 12.2. The van der Waals surface area contributed by atoms with Gasteiger partial charge in [-0.3, -0.25) is 4.79 Å². The molecule has 29 heavy (non-hydrogen) atoms. The number of carbonyl (C=O) groups excluding carboxylic acids is 1. The third-order valence-corrected chi connectivity index (χ3v) is 4.87. The second-order valence-corrected chi connectivity index (χ2v) is 7.42. The van der Waals surface area contributed by atoms with Crippen LogP contribution in [0.2, 0.25) is 0 Å². The van der Waals surface area contributed by atoms with Crippen molar-refractivity contribution >= 4 is 65.9 Å². The van der Waals surface area contributed by atoms with Crippen LogP contribution in [0.3, 0.4) is 0 Å². The molecule has 0 saturated heterocycles. The van der Waals surface area contributed by atoms with Crippen molar-refractivity contribution in [3.05, 3.63) is 64.7 Å². The fourth-order valence-corrected chi connectivity index (χ4v) is 3.36. The van der Waals surface area contributed by atoms with Crippen LogP contribution in [-0.2, 0) is 4.79 Å². The molecule has 6 nitrogen and oxygen atoms in total. The van der Waals surface area contributed by atoms with Crippen molar-refractivity contribution in [2.24, 2.45) is 0 Å². The van der Waals surface area contributed by atoms with Gasteiger partial charge in [0.1, 0.15) is 22.9 Å². The van der Waals surface area contributed by atoms with E-state index in [-0.39, 0.29) is 17.3 Å². The molecule has 0 saturated carbocycles. The lowest BCUT2D eigenvalue weighted by Gasteiger charge is -2.16. The Kier molecular flexibility index (Phi) is 6.86. The summed E-state index contributed by atoms with van der Waals surface area (Å²) < 4.78 is 6.33. The number of para-hydroxylation sites is 1. The van der Waals surface area contributed by atoms with E-state index in [1.807, 2.05) is 36.4 Å². The van der Waals surface area contributed by atoms with E-state index in [2.05, 4.69) is 53.5 Å². The normalized spacial score (nSPS) is 10.7. The van der Waals surface area contributed by atoms with Gasteiger partial charge in [0.05, 0.1) is 12.8 Å². The number of halogens is 2. The summed E-state index contributed by atoms with van der Waals surface area (Å²) in [6, 6.07) is 15.2. The van der Waals surface area contributed by atoms with Crippen LogP contribution in [0, 0.1) is 11.3 Å². The molecule has 0 aliphatic heterocycles. The first-order valence-electron chi connectivity index (χ1n) is 8.54. The van der Waals surface area contributed by atoms with E-state index in [9.17, 15) is 10.1 Å². The summed E-state index contributed by atoms with van der Waals surface area (Å²) in [6.45, 7) is 0. The maximum absolute atomic E-state index is 12.2. The Hall–Kier alpha value is -2.89. The molecule has 8 heteroatoms. The number of alkyl halides is 1. The van der Waals surface area contributed by atoms with E-state index in [0.29, 0.717) is 27.7 Å². The Labute approximate surface area is 184 Å². The zero-order valence-corrected chi connectivity index (χ0v) is 18.5. The number of rotatable bonds is 6. The molecule has 0 aliphatic carbocycles. The van der Waals surface area contributed by atoms with Crippen LogP contribution in [-0.4, -0.2) is 23.3 Å². The molecule has 0 fully saturated rings. The van der Waals surface area contributed by atoms with Crippen LogP contribution in [0.25, 0.3) is 10.9 Å². The lowest BCUT2D eigenvalue weighted by atomic mass is 10.1. The van der Waals surface area contributed by atoms with Gasteiger partial charge in [0.2, 0.25) is 5.91 Å². The van der Waals surface area contributed by atoms with E-state index < -0.39 is 0 Å². The minimum Gasteiger partial charge on any atom is -0.494 e. The average molecular weight is 516 g/mol. The highest BCUT2D eigenvalue weighted by Gasteiger charge is 2.19. The van der Waals surface area contributed by atoms with Crippen LogP contribution < -0.4 is 15.4 Å². The maximum Gasteiger partial charge on any atom is 0.249 e. The number of ether oxygens (including phenoxy) is 1. The number of aromatic nitrogens is 1. The van der Waals surface area contributed by atoms with Crippen molar-refractivity contribution in [3.8, 4) is 11.8 Å². The number of nitrogens with one attached hydrogen (secondary N) is 2. The predicted molar refractivity (Wildman–Crippen MR) is 122 cm³/mol. The molecule has 0 bridgehead atoms. The monoisotopic (exact) mass is 514 g/mol. The summed E-state index contributed by atoms with van der Waals surface area (Å²) in [6.07, 6.45) is 3.04. The van der Waals surface area contributed by atoms with Crippen LogP contribution in [0.5, 0.6) is 5.75 Å². The highest BCUT2D eigenvalue weighted by molar-refractivity contribution is 9.10. The molecule has 1 heterocycles. The van der Waals surface area contributed by atoms with Crippen LogP contribution in [0.1, 0.15) is 5.56 Å². The van der Waals surface area contributed by atoms with E-state index in [4.69, 9.17) is 4.74 Å². The van der Waals surface area contributed by atoms with Crippen LogP contribution >= 0.6 is 31.9 Å². The molecule has 2 N–H and O–H groups in total. The van der Waals surface area contributed by atoms with E-state index in [1.165, 1.54) is 6.08 Å². The molecule has 2 aromatic carbocycles. The number of benzene rings is 2. The molecule has 1 aromatic heterocycles. The standard InChI is InChI=1S/C21H16Br2N4O2/c1-29-17-8-3-7-15-19(25-14-6-2-5-13(23)11-14)16(12-24)21(27-20(15)17)26-18(28)9-4-10-22/h2-9,11H,10H2,1H3,(H2,25,26,27,28). The molecule has 0 unspecified atom stereocenters. The van der Waals surface area contributed by atoms with Crippen molar-refractivity contribution in [3.63, 3.8) is 0 Å². The molecule has 0 radical (unpaired) electrons. The quantitative estimate of drug-likeness (QED) is 0.334. The number of anilines is 3. The summed E-state index contributed by atoms with van der Waals surface area (Å²) in [5, 5.41) is 17.1. The lowest BCUT2D eigenvalue weighted by molar-refractivity contribution is -0.111. The zero-order valence-electron chi connectivity index (χ0n) is 15.4. The molecule has 3 aromatic rings. The second kappa shape index (κ2) is 9.54. The predicted octanol–water partition coefficient (Wildman–Crippen LogP) is 5.51. The molecular formula is C21H16Br2N4O2. The molecule has 0 atom stereocenters. The first kappa shape index (κ1) is 20.8. The molecule has 3 rings (SSSR count). The zero-order chi connectivity index (χ0) is 20.8. The smallest absolute Gasteiger partial charge is 0.249 e. The van der Waals surface area contributed by atoms with Gasteiger partial charge in [-0.1, -0.05) is 56.1 Å². The number of nitrogens with zero attached hydrogens (tertiary/aromatic N) is 2. The fraction of sp³-hybridized carbons (Fsp3) is 0.0952. The van der Waals surface area contributed by atoms with Gasteiger partial charge in [-0.25, -0.2) is 4.98 Å². The Balaban J connectivity index is 2.21. The number of pyridine rings is 1. The van der Waals surface area contributed by atoms with Gasteiger partial charge in [-0.05, 0) is 24.3 Å². The fourth-order valence-electron chi connectivity index (χ4n) is 2.77. The Morgan fingerprint density at radius 3 is 2.79 bits per heavy atom. The van der Waals surface area contributed by atoms with Gasteiger partial charge < -0.3 is 15.4 Å². The summed E-state index contributed by atoms with van der Waals surface area (Å²) in [5.41, 5.74) is 2.08. The first-order chi connectivity index (χ1) is 14.1. The van der Waals surface area contributed by atoms with Crippen molar-refractivity contribution in [1.82, 2.24) is 4.98 Å². The highest BCUT2D eigenvalue weighted by Crippen LogP contribution is 2.37. The molecular weight excluding hydrogens is 500 g/mol. The third kappa shape index (κ3) is 4.75. The number of methoxy groups -OCH3 is 1.